The van der Waals surface area contributed by atoms with Crippen LogP contribution in [-0.2, 0) is 0 Å². The molecule has 0 fully saturated rings. The molecule has 124 valence electrons. The number of rotatable bonds is 3. The second-order valence-electron chi connectivity index (χ2n) is 5.81. The minimum absolute atomic E-state index is 0.535. The lowest BCUT2D eigenvalue weighted by Gasteiger charge is -2.06. The van der Waals surface area contributed by atoms with E-state index in [9.17, 15) is 0 Å². The summed E-state index contributed by atoms with van der Waals surface area (Å²) < 4.78 is 5.97. The molecule has 0 spiro atoms. The van der Waals surface area contributed by atoms with Gasteiger partial charge in [0.1, 0.15) is 23.7 Å². The van der Waals surface area contributed by atoms with Crippen molar-refractivity contribution >= 4 is 34.3 Å². The van der Waals surface area contributed by atoms with Crippen molar-refractivity contribution in [1.82, 2.24) is 15.0 Å². The van der Waals surface area contributed by atoms with Crippen molar-refractivity contribution in [2.24, 2.45) is 0 Å². The van der Waals surface area contributed by atoms with Gasteiger partial charge in [-0.25, -0.2) is 15.0 Å². The van der Waals surface area contributed by atoms with E-state index in [4.69, 9.17) is 16.0 Å². The summed E-state index contributed by atoms with van der Waals surface area (Å²) in [5.74, 6) is 2.16. The van der Waals surface area contributed by atoms with Crippen molar-refractivity contribution in [1.29, 1.82) is 0 Å². The number of nitrogens with one attached hydrogen (secondary N) is 1. The molecule has 0 saturated heterocycles. The zero-order valence-corrected chi connectivity index (χ0v) is 14.5. The van der Waals surface area contributed by atoms with Gasteiger partial charge in [-0.2, -0.15) is 0 Å². The van der Waals surface area contributed by atoms with Crippen molar-refractivity contribution in [3.63, 3.8) is 0 Å². The number of hydrogen-bond donors (Lipinski definition) is 1. The number of anilines is 2. The van der Waals surface area contributed by atoms with Crippen LogP contribution in [-0.4, -0.2) is 15.0 Å². The Morgan fingerprint density at radius 1 is 1.00 bits per heavy atom. The quantitative estimate of drug-likeness (QED) is 0.543. The zero-order valence-electron chi connectivity index (χ0n) is 13.7. The molecule has 0 amide bonds. The van der Waals surface area contributed by atoms with Gasteiger partial charge in [0, 0.05) is 22.3 Å². The molecule has 3 aromatic heterocycles. The van der Waals surface area contributed by atoms with Gasteiger partial charge in [0.25, 0.3) is 0 Å². The fraction of sp³-hybridized carbons (Fsp3) is 0.105. The normalized spacial score (nSPS) is 11.0. The van der Waals surface area contributed by atoms with Crippen LogP contribution in [0, 0.1) is 13.8 Å². The summed E-state index contributed by atoms with van der Waals surface area (Å²) >= 11 is 5.98. The zero-order chi connectivity index (χ0) is 17.4. The lowest BCUT2D eigenvalue weighted by atomic mass is 10.1. The van der Waals surface area contributed by atoms with Gasteiger partial charge in [-0.3, -0.25) is 0 Å². The Balaban J connectivity index is 1.82. The molecule has 0 saturated carbocycles. The predicted octanol–water partition coefficient (Wildman–Crippen LogP) is 5.30. The molecule has 0 aliphatic heterocycles. The van der Waals surface area contributed by atoms with Crippen molar-refractivity contribution in [2.75, 3.05) is 5.32 Å². The Morgan fingerprint density at radius 2 is 1.80 bits per heavy atom. The number of hydrogen-bond acceptors (Lipinski definition) is 5. The molecule has 6 heteroatoms. The molecule has 0 bridgehead atoms. The van der Waals surface area contributed by atoms with Gasteiger partial charge >= 0.3 is 0 Å². The third-order valence-electron chi connectivity index (χ3n) is 4.00. The van der Waals surface area contributed by atoms with E-state index >= 15 is 0 Å². The molecule has 0 atom stereocenters. The van der Waals surface area contributed by atoms with Gasteiger partial charge in [-0.15, -0.1) is 0 Å². The molecular weight excluding hydrogens is 336 g/mol. The first-order valence-electron chi connectivity index (χ1n) is 7.81. The van der Waals surface area contributed by atoms with Crippen LogP contribution in [0.5, 0.6) is 0 Å². The number of halogens is 1. The second kappa shape index (κ2) is 6.18. The Hall–Kier alpha value is -2.92. The Labute approximate surface area is 149 Å². The second-order valence-corrected chi connectivity index (χ2v) is 6.25. The van der Waals surface area contributed by atoms with Crippen LogP contribution in [0.1, 0.15) is 11.1 Å². The summed E-state index contributed by atoms with van der Waals surface area (Å²) in [5.41, 5.74) is 3.56. The van der Waals surface area contributed by atoms with E-state index in [0.717, 1.165) is 33.7 Å². The SMILES string of the molecule is Cc1ccnc(Nc2ncnc3oc(-c4ccc(Cl)cc4)c(C)c23)c1. The molecule has 0 unspecified atom stereocenters. The van der Waals surface area contributed by atoms with E-state index < -0.39 is 0 Å². The fourth-order valence-corrected chi connectivity index (χ4v) is 2.89. The van der Waals surface area contributed by atoms with E-state index in [1.807, 2.05) is 50.2 Å². The van der Waals surface area contributed by atoms with Crippen LogP contribution in [0.25, 0.3) is 22.4 Å². The van der Waals surface area contributed by atoms with Crippen LogP contribution < -0.4 is 5.32 Å². The minimum Gasteiger partial charge on any atom is -0.437 e. The lowest BCUT2D eigenvalue weighted by Crippen LogP contribution is -1.97. The van der Waals surface area contributed by atoms with Gasteiger partial charge < -0.3 is 9.73 Å². The van der Waals surface area contributed by atoms with Crippen LogP contribution in [0.2, 0.25) is 5.02 Å². The smallest absolute Gasteiger partial charge is 0.232 e. The van der Waals surface area contributed by atoms with E-state index in [1.54, 1.807) is 6.20 Å². The van der Waals surface area contributed by atoms with Gasteiger partial charge in [0.2, 0.25) is 5.71 Å². The molecule has 4 aromatic rings. The minimum atomic E-state index is 0.535. The van der Waals surface area contributed by atoms with Crippen LogP contribution in [0.15, 0.2) is 53.3 Å². The summed E-state index contributed by atoms with van der Waals surface area (Å²) in [6.07, 6.45) is 3.24. The third kappa shape index (κ3) is 2.94. The van der Waals surface area contributed by atoms with Crippen LogP contribution >= 0.6 is 11.6 Å². The summed E-state index contributed by atoms with van der Waals surface area (Å²) in [6, 6.07) is 11.4. The molecule has 3 heterocycles. The fourth-order valence-electron chi connectivity index (χ4n) is 2.77. The average Bonchev–Trinajstić information content (AvgIpc) is 2.94. The van der Waals surface area contributed by atoms with Gasteiger partial charge in [0.05, 0.1) is 5.39 Å². The topological polar surface area (TPSA) is 63.8 Å². The number of aryl methyl sites for hydroxylation is 2. The number of nitrogens with zero attached hydrogens (tertiary/aromatic N) is 3. The van der Waals surface area contributed by atoms with Crippen molar-refractivity contribution in [3.8, 4) is 11.3 Å². The Kier molecular flexibility index (Phi) is 3.86. The highest BCUT2D eigenvalue weighted by atomic mass is 35.5. The van der Waals surface area contributed by atoms with Gasteiger partial charge in [0.15, 0.2) is 0 Å². The number of furan rings is 1. The highest BCUT2D eigenvalue weighted by Gasteiger charge is 2.17. The summed E-state index contributed by atoms with van der Waals surface area (Å²) in [6.45, 7) is 4.01. The lowest BCUT2D eigenvalue weighted by molar-refractivity contribution is 0.615. The first kappa shape index (κ1) is 15.6. The molecule has 0 aliphatic carbocycles. The largest absolute Gasteiger partial charge is 0.437 e. The highest BCUT2D eigenvalue weighted by Crippen LogP contribution is 2.36. The predicted molar refractivity (Wildman–Crippen MR) is 99.2 cm³/mol. The third-order valence-corrected chi connectivity index (χ3v) is 4.25. The van der Waals surface area contributed by atoms with Crippen molar-refractivity contribution < 1.29 is 4.42 Å². The van der Waals surface area contributed by atoms with Crippen molar-refractivity contribution in [2.45, 2.75) is 13.8 Å². The molecule has 25 heavy (non-hydrogen) atoms. The van der Waals surface area contributed by atoms with E-state index in [0.29, 0.717) is 16.6 Å². The number of aromatic nitrogens is 3. The monoisotopic (exact) mass is 350 g/mol. The number of benzene rings is 1. The summed E-state index contributed by atoms with van der Waals surface area (Å²) in [4.78, 5) is 13.0. The van der Waals surface area contributed by atoms with Crippen LogP contribution in [0.3, 0.4) is 0 Å². The van der Waals surface area contributed by atoms with Crippen molar-refractivity contribution in [3.05, 3.63) is 65.1 Å². The standard InChI is InChI=1S/C19H15ClN4O/c1-11-7-8-21-15(9-11)24-18-16-12(2)17(25-19(16)23-10-22-18)13-3-5-14(20)6-4-13/h3-10H,1-2H3,(H,21,22,23,24). The first-order valence-corrected chi connectivity index (χ1v) is 8.19. The van der Waals surface area contributed by atoms with Gasteiger partial charge in [-0.05, 0) is 55.8 Å². The molecule has 1 N–H and O–H groups in total. The number of fused-ring (bicyclic) bond motifs is 1. The van der Waals surface area contributed by atoms with E-state index in [-0.39, 0.29) is 0 Å². The molecule has 0 radical (unpaired) electrons. The maximum Gasteiger partial charge on any atom is 0.232 e. The maximum atomic E-state index is 5.98. The summed E-state index contributed by atoms with van der Waals surface area (Å²) in [5, 5.41) is 4.79. The Bertz CT molecular complexity index is 1060. The first-order chi connectivity index (χ1) is 12.1. The highest BCUT2D eigenvalue weighted by molar-refractivity contribution is 6.30. The van der Waals surface area contributed by atoms with Crippen LogP contribution in [0.4, 0.5) is 11.6 Å². The Morgan fingerprint density at radius 3 is 2.56 bits per heavy atom. The molecule has 5 nitrogen and oxygen atoms in total. The van der Waals surface area contributed by atoms with Gasteiger partial charge in [-0.1, -0.05) is 11.6 Å². The number of pyridine rings is 1. The van der Waals surface area contributed by atoms with E-state index in [2.05, 4.69) is 20.3 Å². The van der Waals surface area contributed by atoms with E-state index in [1.165, 1.54) is 6.33 Å². The maximum absolute atomic E-state index is 5.98. The summed E-state index contributed by atoms with van der Waals surface area (Å²) in [7, 11) is 0. The molecular formula is C19H15ClN4O. The average molecular weight is 351 g/mol. The molecule has 4 rings (SSSR count). The molecule has 1 aromatic carbocycles. The molecule has 0 aliphatic rings.